The molecule has 1 aromatic heterocycles. The van der Waals surface area contributed by atoms with Crippen molar-refractivity contribution in [1.29, 1.82) is 0 Å². The minimum atomic E-state index is -0.0259. The molecule has 0 bridgehead atoms. The van der Waals surface area contributed by atoms with Gasteiger partial charge in [-0.05, 0) is 44.2 Å². The van der Waals surface area contributed by atoms with Gasteiger partial charge in [-0.25, -0.2) is 0 Å². The van der Waals surface area contributed by atoms with Gasteiger partial charge in [0.05, 0.1) is 6.26 Å². The smallest absolute Gasteiger partial charge is 0.158 e. The van der Waals surface area contributed by atoms with E-state index in [4.69, 9.17) is 13.9 Å². The summed E-state index contributed by atoms with van der Waals surface area (Å²) < 4.78 is 16.3. The van der Waals surface area contributed by atoms with Crippen LogP contribution in [0.25, 0.3) is 0 Å². The van der Waals surface area contributed by atoms with Crippen LogP contribution in [-0.2, 0) is 15.9 Å². The molecule has 19 heavy (non-hydrogen) atoms. The van der Waals surface area contributed by atoms with Gasteiger partial charge in [0.25, 0.3) is 0 Å². The zero-order valence-electron chi connectivity index (χ0n) is 11.4. The minimum Gasteiger partial charge on any atom is -0.469 e. The quantitative estimate of drug-likeness (QED) is 0.580. The van der Waals surface area contributed by atoms with Crippen molar-refractivity contribution in [1.82, 2.24) is 0 Å². The lowest BCUT2D eigenvalue weighted by molar-refractivity contribution is -0.154. The first-order valence-electron chi connectivity index (χ1n) is 7.16. The van der Waals surface area contributed by atoms with E-state index in [1.54, 1.807) is 6.26 Å². The molecule has 2 rings (SSSR count). The van der Waals surface area contributed by atoms with Gasteiger partial charge in [0.15, 0.2) is 6.29 Å². The molecule has 0 saturated carbocycles. The second-order valence-corrected chi connectivity index (χ2v) is 4.75. The van der Waals surface area contributed by atoms with Gasteiger partial charge in [-0.3, -0.25) is 0 Å². The summed E-state index contributed by atoms with van der Waals surface area (Å²) in [6, 6.07) is 3.95. The van der Waals surface area contributed by atoms with Crippen molar-refractivity contribution in [2.24, 2.45) is 0 Å². The van der Waals surface area contributed by atoms with Crippen molar-refractivity contribution in [2.75, 3.05) is 13.2 Å². The van der Waals surface area contributed by atoms with Crippen LogP contribution in [0.5, 0.6) is 0 Å². The number of hydrogen-bond donors (Lipinski definition) is 0. The summed E-state index contributed by atoms with van der Waals surface area (Å²) in [5.41, 5.74) is 0. The number of furan rings is 1. The van der Waals surface area contributed by atoms with Gasteiger partial charge < -0.3 is 13.9 Å². The fourth-order valence-corrected chi connectivity index (χ4v) is 2.08. The van der Waals surface area contributed by atoms with Crippen molar-refractivity contribution in [2.45, 2.75) is 51.2 Å². The van der Waals surface area contributed by atoms with Crippen molar-refractivity contribution in [3.8, 4) is 11.8 Å². The molecule has 1 fully saturated rings. The van der Waals surface area contributed by atoms with Crippen LogP contribution in [0.4, 0.5) is 0 Å². The Morgan fingerprint density at radius 2 is 2.26 bits per heavy atom. The molecule has 1 aromatic rings. The maximum atomic E-state index is 5.54. The largest absolute Gasteiger partial charge is 0.469 e. The van der Waals surface area contributed by atoms with Gasteiger partial charge >= 0.3 is 0 Å². The van der Waals surface area contributed by atoms with Crippen LogP contribution in [-0.4, -0.2) is 19.5 Å². The van der Waals surface area contributed by atoms with Crippen molar-refractivity contribution in [3.05, 3.63) is 24.2 Å². The summed E-state index contributed by atoms with van der Waals surface area (Å²) in [6.07, 6.45) is 9.21. The highest BCUT2D eigenvalue weighted by molar-refractivity contribution is 5.00. The van der Waals surface area contributed by atoms with E-state index in [1.165, 1.54) is 6.42 Å². The Hall–Kier alpha value is -1.24. The fraction of sp³-hybridized carbons (Fsp3) is 0.625. The maximum Gasteiger partial charge on any atom is 0.158 e. The Kier molecular flexibility index (Phi) is 6.56. The third-order valence-corrected chi connectivity index (χ3v) is 3.16. The van der Waals surface area contributed by atoms with Crippen LogP contribution in [0.2, 0.25) is 0 Å². The average Bonchev–Trinajstić information content (AvgIpc) is 2.96. The lowest BCUT2D eigenvalue weighted by atomic mass is 10.1. The first kappa shape index (κ1) is 14.2. The molecule has 1 atom stereocenters. The predicted octanol–water partition coefficient (Wildman–Crippen LogP) is 3.54. The molecule has 0 aromatic carbocycles. The lowest BCUT2D eigenvalue weighted by Crippen LogP contribution is -2.22. The summed E-state index contributed by atoms with van der Waals surface area (Å²) in [7, 11) is 0. The Labute approximate surface area is 115 Å². The number of ether oxygens (including phenoxy) is 2. The molecule has 1 unspecified atom stereocenters. The molecule has 1 aliphatic heterocycles. The highest BCUT2D eigenvalue weighted by Crippen LogP contribution is 2.13. The van der Waals surface area contributed by atoms with E-state index in [-0.39, 0.29) is 6.29 Å². The van der Waals surface area contributed by atoms with E-state index in [1.807, 2.05) is 12.1 Å². The first-order chi connectivity index (χ1) is 9.45. The molecule has 3 heteroatoms. The zero-order valence-corrected chi connectivity index (χ0v) is 11.4. The van der Waals surface area contributed by atoms with Crippen LogP contribution in [0.1, 0.15) is 44.3 Å². The standard InChI is InChI=1S/C16H22O3/c1(2-4-9-15-10-8-14-17-15)3-6-12-18-16-11-5-7-13-19-16/h8,10,14,16H,1-2,4-5,7,9,11-13H2. The minimum absolute atomic E-state index is 0.0259. The Morgan fingerprint density at radius 1 is 1.26 bits per heavy atom. The monoisotopic (exact) mass is 262 g/mol. The van der Waals surface area contributed by atoms with Gasteiger partial charge in [0.2, 0.25) is 0 Å². The predicted molar refractivity (Wildman–Crippen MR) is 73.6 cm³/mol. The second-order valence-electron chi connectivity index (χ2n) is 4.75. The van der Waals surface area contributed by atoms with Crippen LogP contribution in [0, 0.1) is 11.8 Å². The van der Waals surface area contributed by atoms with Crippen LogP contribution in [0.3, 0.4) is 0 Å². The van der Waals surface area contributed by atoms with Crippen molar-refractivity contribution >= 4 is 0 Å². The Balaban J connectivity index is 1.45. The van der Waals surface area contributed by atoms with Crippen LogP contribution < -0.4 is 0 Å². The van der Waals surface area contributed by atoms with E-state index in [0.29, 0.717) is 6.61 Å². The van der Waals surface area contributed by atoms with Crippen LogP contribution >= 0.6 is 0 Å². The van der Waals surface area contributed by atoms with Gasteiger partial charge in [0.1, 0.15) is 12.4 Å². The maximum absolute atomic E-state index is 5.54. The SMILES string of the molecule is C(#CCOC1CCCCO1)CCCCc1ccco1. The molecular weight excluding hydrogens is 240 g/mol. The molecule has 3 nitrogen and oxygen atoms in total. The molecule has 104 valence electrons. The van der Waals surface area contributed by atoms with Crippen molar-refractivity contribution in [3.63, 3.8) is 0 Å². The molecule has 0 aliphatic carbocycles. The fourth-order valence-electron chi connectivity index (χ4n) is 2.08. The summed E-state index contributed by atoms with van der Waals surface area (Å²) >= 11 is 0. The second kappa shape index (κ2) is 8.79. The number of hydrogen-bond acceptors (Lipinski definition) is 3. The molecule has 1 aliphatic rings. The van der Waals surface area contributed by atoms with Crippen molar-refractivity contribution < 1.29 is 13.9 Å². The average molecular weight is 262 g/mol. The summed E-state index contributed by atoms with van der Waals surface area (Å²) in [5, 5.41) is 0. The molecule has 0 radical (unpaired) electrons. The first-order valence-corrected chi connectivity index (χ1v) is 7.16. The number of aryl methyl sites for hydroxylation is 1. The molecule has 0 amide bonds. The third-order valence-electron chi connectivity index (χ3n) is 3.16. The zero-order chi connectivity index (χ0) is 13.2. The number of rotatable bonds is 6. The summed E-state index contributed by atoms with van der Waals surface area (Å²) in [4.78, 5) is 0. The van der Waals surface area contributed by atoms with E-state index in [0.717, 1.165) is 50.9 Å². The summed E-state index contributed by atoms with van der Waals surface area (Å²) in [5.74, 6) is 7.26. The third kappa shape index (κ3) is 5.96. The Morgan fingerprint density at radius 3 is 3.05 bits per heavy atom. The molecule has 2 heterocycles. The van der Waals surface area contributed by atoms with Crippen LogP contribution in [0.15, 0.2) is 22.8 Å². The Bertz CT molecular complexity index is 380. The molecule has 0 spiro atoms. The van der Waals surface area contributed by atoms with E-state index in [9.17, 15) is 0 Å². The highest BCUT2D eigenvalue weighted by atomic mass is 16.7. The van der Waals surface area contributed by atoms with E-state index >= 15 is 0 Å². The van der Waals surface area contributed by atoms with Gasteiger partial charge in [-0.2, -0.15) is 0 Å². The molecule has 0 N–H and O–H groups in total. The van der Waals surface area contributed by atoms with E-state index in [2.05, 4.69) is 11.8 Å². The topological polar surface area (TPSA) is 31.6 Å². The summed E-state index contributed by atoms with van der Waals surface area (Å²) in [6.45, 7) is 1.31. The van der Waals surface area contributed by atoms with Gasteiger partial charge in [-0.1, -0.05) is 5.92 Å². The lowest BCUT2D eigenvalue weighted by Gasteiger charge is -2.21. The van der Waals surface area contributed by atoms with Gasteiger partial charge in [-0.15, -0.1) is 5.92 Å². The normalized spacial score (nSPS) is 18.8. The highest BCUT2D eigenvalue weighted by Gasteiger charge is 2.12. The molecular formula is C16H22O3. The van der Waals surface area contributed by atoms with Gasteiger partial charge in [0, 0.05) is 19.4 Å². The molecule has 1 saturated heterocycles. The number of unbranched alkanes of at least 4 members (excludes halogenated alkanes) is 2. The van der Waals surface area contributed by atoms with E-state index < -0.39 is 0 Å².